The Bertz CT molecular complexity index is 1830. The normalized spacial score (nSPS) is 13.8. The van der Waals surface area contributed by atoms with Crippen molar-refractivity contribution in [2.45, 2.75) is 6.42 Å². The zero-order chi connectivity index (χ0) is 22.2. The molecule has 1 aliphatic carbocycles. The van der Waals surface area contributed by atoms with Gasteiger partial charge in [-0.2, -0.15) is 0 Å². The van der Waals surface area contributed by atoms with E-state index in [1.807, 2.05) is 24.3 Å². The zero-order valence-electron chi connectivity index (χ0n) is 18.3. The maximum absolute atomic E-state index is 6.61. The van der Waals surface area contributed by atoms with Crippen LogP contribution in [0, 0.1) is 0 Å². The number of para-hydroxylation sites is 4. The summed E-state index contributed by atoms with van der Waals surface area (Å²) in [7, 11) is 0. The lowest BCUT2D eigenvalue weighted by Gasteiger charge is -2.35. The number of allylic oxidation sites excluding steroid dienone is 1. The maximum atomic E-state index is 6.61. The molecule has 3 nitrogen and oxygen atoms in total. The number of anilines is 3. The van der Waals surface area contributed by atoms with Crippen LogP contribution in [-0.2, 0) is 6.42 Å². The van der Waals surface area contributed by atoms with E-state index < -0.39 is 0 Å². The van der Waals surface area contributed by atoms with E-state index in [0.717, 1.165) is 56.9 Å². The predicted octanol–water partition coefficient (Wildman–Crippen LogP) is 8.88. The van der Waals surface area contributed by atoms with Crippen LogP contribution in [0.15, 0.2) is 101 Å². The number of furan rings is 1. The number of benzene rings is 5. The molecule has 0 saturated heterocycles. The molecule has 160 valence electrons. The lowest BCUT2D eigenvalue weighted by molar-refractivity contribution is 0.473. The highest BCUT2D eigenvalue weighted by atomic mass is 16.5. The van der Waals surface area contributed by atoms with Crippen LogP contribution in [0.2, 0.25) is 0 Å². The molecular weight excluding hydrogens is 418 g/mol. The molecule has 1 aromatic heterocycles. The van der Waals surface area contributed by atoms with Gasteiger partial charge in [0.25, 0.3) is 0 Å². The number of rotatable bonds is 1. The molecule has 0 unspecified atom stereocenters. The van der Waals surface area contributed by atoms with Gasteiger partial charge in [-0.05, 0) is 53.1 Å². The van der Waals surface area contributed by atoms with Crippen molar-refractivity contribution in [2.24, 2.45) is 0 Å². The van der Waals surface area contributed by atoms with Gasteiger partial charge in [-0.25, -0.2) is 0 Å². The molecule has 3 heteroatoms. The average Bonchev–Trinajstić information content (AvgIpc) is 3.27. The summed E-state index contributed by atoms with van der Waals surface area (Å²) in [6.07, 6.45) is 5.29. The van der Waals surface area contributed by atoms with E-state index in [0.29, 0.717) is 0 Å². The molecule has 5 aromatic carbocycles. The minimum atomic E-state index is 0.849. The molecule has 2 heterocycles. The van der Waals surface area contributed by atoms with Crippen LogP contribution in [0.5, 0.6) is 11.5 Å². The third kappa shape index (κ3) is 2.31. The third-order valence-corrected chi connectivity index (χ3v) is 7.03. The fraction of sp³-hybridized carbons (Fsp3) is 0.0323. The second kappa shape index (κ2) is 6.52. The number of hydrogen-bond donors (Lipinski definition) is 0. The van der Waals surface area contributed by atoms with Gasteiger partial charge in [0.15, 0.2) is 17.1 Å². The van der Waals surface area contributed by atoms with E-state index in [1.165, 1.54) is 21.9 Å². The first-order valence-corrected chi connectivity index (χ1v) is 11.6. The number of ether oxygens (including phenoxy) is 1. The fourth-order valence-corrected chi connectivity index (χ4v) is 5.59. The van der Waals surface area contributed by atoms with Crippen molar-refractivity contribution in [3.05, 3.63) is 108 Å². The van der Waals surface area contributed by atoms with Crippen molar-refractivity contribution < 1.29 is 9.15 Å². The Morgan fingerprint density at radius 3 is 2.53 bits per heavy atom. The van der Waals surface area contributed by atoms with E-state index in [1.54, 1.807) is 0 Å². The van der Waals surface area contributed by atoms with Crippen molar-refractivity contribution in [3.8, 4) is 11.5 Å². The minimum Gasteiger partial charge on any atom is -0.454 e. The molecule has 0 saturated carbocycles. The third-order valence-electron chi connectivity index (χ3n) is 7.03. The average molecular weight is 437 g/mol. The summed E-state index contributed by atoms with van der Waals surface area (Å²) in [6, 6.07) is 31.6. The second-order valence-electron chi connectivity index (χ2n) is 8.91. The smallest absolute Gasteiger partial charge is 0.159 e. The van der Waals surface area contributed by atoms with Crippen LogP contribution in [0.3, 0.4) is 0 Å². The standard InChI is InChI=1S/C31H19NO2/c1-3-16-27-21(11-1)22-12-7-15-25(30(22)33-27)32-24-14-2-4-17-28(24)34-31-23-13-6-9-19-8-5-10-20(29(19)23)18-26(31)32/h1-12,14-18H,13H2. The van der Waals surface area contributed by atoms with Gasteiger partial charge in [0.05, 0.1) is 17.1 Å². The Hall–Kier alpha value is -4.50. The lowest BCUT2D eigenvalue weighted by Crippen LogP contribution is -2.17. The summed E-state index contributed by atoms with van der Waals surface area (Å²) in [5.74, 6) is 1.78. The first kappa shape index (κ1) is 18.0. The Morgan fingerprint density at radius 2 is 1.53 bits per heavy atom. The van der Waals surface area contributed by atoms with Crippen LogP contribution in [0.4, 0.5) is 17.1 Å². The molecule has 0 spiro atoms. The quantitative estimate of drug-likeness (QED) is 0.256. The lowest BCUT2D eigenvalue weighted by atomic mass is 9.90. The number of fused-ring (bicyclic) bond motifs is 6. The van der Waals surface area contributed by atoms with Crippen molar-refractivity contribution in [1.82, 2.24) is 0 Å². The summed E-state index contributed by atoms with van der Waals surface area (Å²) in [6.45, 7) is 0. The predicted molar refractivity (Wildman–Crippen MR) is 139 cm³/mol. The Balaban J connectivity index is 1.49. The largest absolute Gasteiger partial charge is 0.454 e. The Morgan fingerprint density at radius 1 is 0.706 bits per heavy atom. The van der Waals surface area contributed by atoms with Gasteiger partial charge in [0, 0.05) is 16.3 Å². The van der Waals surface area contributed by atoms with E-state index >= 15 is 0 Å². The monoisotopic (exact) mass is 437 g/mol. The van der Waals surface area contributed by atoms with Crippen LogP contribution in [0.25, 0.3) is 38.8 Å². The SMILES string of the molecule is C1=Cc2cccc3cc4c(c(c23)C1)Oc1ccccc1N4c1cccc2c1oc1ccccc12. The van der Waals surface area contributed by atoms with Crippen LogP contribution >= 0.6 is 0 Å². The van der Waals surface area contributed by atoms with Crippen molar-refractivity contribution in [3.63, 3.8) is 0 Å². The van der Waals surface area contributed by atoms with Crippen LogP contribution in [-0.4, -0.2) is 0 Å². The molecule has 8 rings (SSSR count). The first-order valence-electron chi connectivity index (χ1n) is 11.6. The van der Waals surface area contributed by atoms with Gasteiger partial charge >= 0.3 is 0 Å². The van der Waals surface area contributed by atoms with Crippen LogP contribution < -0.4 is 9.64 Å². The van der Waals surface area contributed by atoms with Crippen LogP contribution in [0.1, 0.15) is 11.1 Å². The Labute approximate surface area is 196 Å². The minimum absolute atomic E-state index is 0.849. The molecule has 0 amide bonds. The molecule has 34 heavy (non-hydrogen) atoms. The second-order valence-corrected chi connectivity index (χ2v) is 8.91. The molecule has 2 aliphatic rings. The van der Waals surface area contributed by atoms with Gasteiger partial charge in [0.1, 0.15) is 5.58 Å². The molecular formula is C31H19NO2. The molecule has 0 radical (unpaired) electrons. The highest BCUT2D eigenvalue weighted by Gasteiger charge is 2.31. The first-order chi connectivity index (χ1) is 16.9. The van der Waals surface area contributed by atoms with Gasteiger partial charge in [-0.3, -0.25) is 4.90 Å². The maximum Gasteiger partial charge on any atom is 0.159 e. The number of nitrogens with zero attached hydrogens (tertiary/aromatic N) is 1. The summed E-state index contributed by atoms with van der Waals surface area (Å²) in [5.41, 5.74) is 7.33. The molecule has 1 aliphatic heterocycles. The van der Waals surface area contributed by atoms with Gasteiger partial charge in [-0.15, -0.1) is 0 Å². The van der Waals surface area contributed by atoms with Crippen molar-refractivity contribution in [1.29, 1.82) is 0 Å². The molecule has 6 aromatic rings. The van der Waals surface area contributed by atoms with Gasteiger partial charge < -0.3 is 9.15 Å². The number of hydrogen-bond acceptors (Lipinski definition) is 3. The molecule has 0 bridgehead atoms. The molecule has 0 N–H and O–H groups in total. The van der Waals surface area contributed by atoms with E-state index in [4.69, 9.17) is 9.15 Å². The zero-order valence-corrected chi connectivity index (χ0v) is 18.3. The Kier molecular flexibility index (Phi) is 3.45. The van der Waals surface area contributed by atoms with Gasteiger partial charge in [0.2, 0.25) is 0 Å². The van der Waals surface area contributed by atoms with Gasteiger partial charge in [-0.1, -0.05) is 72.8 Å². The van der Waals surface area contributed by atoms with Crippen molar-refractivity contribution >= 4 is 55.8 Å². The van der Waals surface area contributed by atoms with E-state index in [9.17, 15) is 0 Å². The summed E-state index contributed by atoms with van der Waals surface area (Å²) >= 11 is 0. The van der Waals surface area contributed by atoms with Crippen molar-refractivity contribution in [2.75, 3.05) is 4.90 Å². The van der Waals surface area contributed by atoms with E-state index in [2.05, 4.69) is 83.8 Å². The fourth-order valence-electron chi connectivity index (χ4n) is 5.59. The summed E-state index contributed by atoms with van der Waals surface area (Å²) < 4.78 is 13.1. The molecule has 0 fully saturated rings. The highest BCUT2D eigenvalue weighted by Crippen LogP contribution is 2.55. The summed E-state index contributed by atoms with van der Waals surface area (Å²) in [5, 5.41) is 4.75. The topological polar surface area (TPSA) is 25.6 Å². The molecule has 0 atom stereocenters. The summed E-state index contributed by atoms with van der Waals surface area (Å²) in [4.78, 5) is 2.31. The highest BCUT2D eigenvalue weighted by molar-refractivity contribution is 6.11. The van der Waals surface area contributed by atoms with E-state index in [-0.39, 0.29) is 0 Å².